The van der Waals surface area contributed by atoms with E-state index in [9.17, 15) is 14.7 Å². The zero-order chi connectivity index (χ0) is 15.9. The lowest BCUT2D eigenvalue weighted by Gasteiger charge is -2.34. The molecule has 0 bridgehead atoms. The van der Waals surface area contributed by atoms with E-state index in [4.69, 9.17) is 0 Å². The smallest absolute Gasteiger partial charge is 0.271 e. The van der Waals surface area contributed by atoms with Gasteiger partial charge >= 0.3 is 0 Å². The minimum Gasteiger partial charge on any atom is -0.393 e. The highest BCUT2D eigenvalue weighted by Crippen LogP contribution is 2.21. The van der Waals surface area contributed by atoms with Gasteiger partial charge in [0.2, 0.25) is 0 Å². The summed E-state index contributed by atoms with van der Waals surface area (Å²) in [5.41, 5.74) is -0.222. The van der Waals surface area contributed by atoms with Gasteiger partial charge in [-0.25, -0.2) is 4.98 Å². The van der Waals surface area contributed by atoms with Crippen molar-refractivity contribution in [1.29, 1.82) is 0 Å². The molecule has 118 valence electrons. The molecule has 1 aliphatic rings. The zero-order valence-electron chi connectivity index (χ0n) is 12.7. The number of rotatable bonds is 2. The SMILES string of the molecule is Cc1cn2c(=O)c(C(=O)N3CCCC(C(C)O)C3)cnc2s1. The molecule has 1 saturated heterocycles. The fourth-order valence-electron chi connectivity index (χ4n) is 2.90. The summed E-state index contributed by atoms with van der Waals surface area (Å²) in [6, 6.07) is 0. The third-order valence-corrected chi connectivity index (χ3v) is 5.09. The molecule has 6 nitrogen and oxygen atoms in total. The van der Waals surface area contributed by atoms with Gasteiger partial charge in [0, 0.05) is 36.3 Å². The second-order valence-corrected chi connectivity index (χ2v) is 7.08. The van der Waals surface area contributed by atoms with Crippen LogP contribution in [0.3, 0.4) is 0 Å². The lowest BCUT2D eigenvalue weighted by atomic mass is 9.93. The fourth-order valence-corrected chi connectivity index (χ4v) is 3.69. The van der Waals surface area contributed by atoms with Crippen LogP contribution in [0.4, 0.5) is 0 Å². The molecule has 2 unspecified atom stereocenters. The van der Waals surface area contributed by atoms with E-state index in [0.717, 1.165) is 17.7 Å². The summed E-state index contributed by atoms with van der Waals surface area (Å²) in [6.07, 6.45) is 4.39. The van der Waals surface area contributed by atoms with Crippen LogP contribution in [0.15, 0.2) is 17.2 Å². The molecule has 0 aliphatic carbocycles. The summed E-state index contributed by atoms with van der Waals surface area (Å²) in [7, 11) is 0. The van der Waals surface area contributed by atoms with Gasteiger partial charge in [-0.05, 0) is 26.7 Å². The molecule has 0 saturated carbocycles. The van der Waals surface area contributed by atoms with Crippen molar-refractivity contribution < 1.29 is 9.90 Å². The number of hydrogen-bond donors (Lipinski definition) is 1. The minimum absolute atomic E-state index is 0.0699. The van der Waals surface area contributed by atoms with Gasteiger partial charge in [0.05, 0.1) is 6.10 Å². The second-order valence-electron chi connectivity index (χ2n) is 5.87. The molecular weight excluding hydrogens is 302 g/mol. The van der Waals surface area contributed by atoms with Crippen molar-refractivity contribution in [3.63, 3.8) is 0 Å². The van der Waals surface area contributed by atoms with E-state index in [1.54, 1.807) is 18.0 Å². The average molecular weight is 321 g/mol. The molecule has 1 fully saturated rings. The van der Waals surface area contributed by atoms with Gasteiger partial charge in [-0.1, -0.05) is 0 Å². The van der Waals surface area contributed by atoms with E-state index in [2.05, 4.69) is 4.98 Å². The predicted molar refractivity (Wildman–Crippen MR) is 84.4 cm³/mol. The molecule has 0 aromatic carbocycles. The molecule has 7 heteroatoms. The highest BCUT2D eigenvalue weighted by atomic mass is 32.1. The van der Waals surface area contributed by atoms with Crippen LogP contribution >= 0.6 is 11.3 Å². The van der Waals surface area contributed by atoms with Crippen molar-refractivity contribution >= 4 is 22.2 Å². The topological polar surface area (TPSA) is 74.9 Å². The molecule has 22 heavy (non-hydrogen) atoms. The number of aromatic nitrogens is 2. The van der Waals surface area contributed by atoms with Crippen molar-refractivity contribution in [2.24, 2.45) is 5.92 Å². The number of carbonyl (C=O) groups is 1. The normalized spacial score (nSPS) is 20.3. The maximum atomic E-state index is 12.6. The molecule has 2 aromatic heterocycles. The fraction of sp³-hybridized carbons (Fsp3) is 0.533. The van der Waals surface area contributed by atoms with Crippen molar-refractivity contribution in [2.45, 2.75) is 32.8 Å². The van der Waals surface area contributed by atoms with Crippen molar-refractivity contribution in [1.82, 2.24) is 14.3 Å². The Morgan fingerprint density at radius 3 is 3.05 bits per heavy atom. The van der Waals surface area contributed by atoms with Crippen LogP contribution < -0.4 is 5.56 Å². The summed E-state index contributed by atoms with van der Waals surface area (Å²) in [5, 5.41) is 9.73. The monoisotopic (exact) mass is 321 g/mol. The average Bonchev–Trinajstić information content (AvgIpc) is 2.88. The van der Waals surface area contributed by atoms with Crippen LogP contribution in [0.25, 0.3) is 4.96 Å². The Kier molecular flexibility index (Phi) is 4.01. The Hall–Kier alpha value is -1.73. The maximum Gasteiger partial charge on any atom is 0.271 e. The Bertz CT molecular complexity index is 765. The molecule has 1 amide bonds. The molecule has 2 atom stereocenters. The molecule has 2 aromatic rings. The lowest BCUT2D eigenvalue weighted by Crippen LogP contribution is -2.44. The summed E-state index contributed by atoms with van der Waals surface area (Å²) >= 11 is 1.42. The third-order valence-electron chi connectivity index (χ3n) is 4.18. The van der Waals surface area contributed by atoms with Crippen molar-refractivity contribution in [3.05, 3.63) is 33.2 Å². The van der Waals surface area contributed by atoms with E-state index in [1.807, 2.05) is 6.92 Å². The zero-order valence-corrected chi connectivity index (χ0v) is 13.5. The summed E-state index contributed by atoms with van der Waals surface area (Å²) < 4.78 is 1.43. The molecule has 1 aliphatic heterocycles. The minimum atomic E-state index is -0.447. The standard InChI is InChI=1S/C15H19N3O3S/c1-9-7-18-14(21)12(6-16-15(18)22-9)13(20)17-5-3-4-11(8-17)10(2)19/h6-7,10-11,19H,3-5,8H2,1-2H3. The highest BCUT2D eigenvalue weighted by Gasteiger charge is 2.28. The Morgan fingerprint density at radius 1 is 1.55 bits per heavy atom. The quantitative estimate of drug-likeness (QED) is 0.904. The van der Waals surface area contributed by atoms with Crippen molar-refractivity contribution in [3.8, 4) is 0 Å². The van der Waals surface area contributed by atoms with E-state index in [1.165, 1.54) is 21.9 Å². The van der Waals surface area contributed by atoms with Gasteiger partial charge in [-0.15, -0.1) is 11.3 Å². The summed E-state index contributed by atoms with van der Waals surface area (Å²) in [6.45, 7) is 4.75. The predicted octanol–water partition coefficient (Wildman–Crippen LogP) is 1.30. The Labute approximate surface area is 132 Å². The van der Waals surface area contributed by atoms with E-state index in [-0.39, 0.29) is 22.9 Å². The van der Waals surface area contributed by atoms with E-state index in [0.29, 0.717) is 18.1 Å². The Morgan fingerprint density at radius 2 is 2.32 bits per heavy atom. The van der Waals surface area contributed by atoms with Crippen LogP contribution in [0.2, 0.25) is 0 Å². The van der Waals surface area contributed by atoms with Crippen LogP contribution in [-0.4, -0.2) is 44.5 Å². The number of hydrogen-bond acceptors (Lipinski definition) is 5. The van der Waals surface area contributed by atoms with Gasteiger partial charge in [0.25, 0.3) is 11.5 Å². The third kappa shape index (κ3) is 2.66. The Balaban J connectivity index is 1.92. The number of aliphatic hydroxyl groups is 1. The van der Waals surface area contributed by atoms with Gasteiger partial charge in [-0.3, -0.25) is 14.0 Å². The van der Waals surface area contributed by atoms with Gasteiger partial charge in [0.15, 0.2) is 4.96 Å². The largest absolute Gasteiger partial charge is 0.393 e. The number of aryl methyl sites for hydroxylation is 1. The maximum absolute atomic E-state index is 12.6. The number of nitrogens with zero attached hydrogens (tertiary/aromatic N) is 3. The number of thiazole rings is 1. The molecule has 1 N–H and O–H groups in total. The number of amides is 1. The number of aliphatic hydroxyl groups excluding tert-OH is 1. The van der Waals surface area contributed by atoms with E-state index < -0.39 is 6.10 Å². The first-order valence-electron chi connectivity index (χ1n) is 7.42. The van der Waals surface area contributed by atoms with Gasteiger partial charge in [-0.2, -0.15) is 0 Å². The first kappa shape index (κ1) is 15.2. The highest BCUT2D eigenvalue weighted by molar-refractivity contribution is 7.16. The first-order chi connectivity index (χ1) is 10.5. The number of likely N-dealkylation sites (tertiary alicyclic amines) is 1. The number of piperidine rings is 1. The molecule has 0 radical (unpaired) electrons. The second kappa shape index (κ2) is 5.81. The lowest BCUT2D eigenvalue weighted by molar-refractivity contribution is 0.0464. The van der Waals surface area contributed by atoms with Gasteiger partial charge < -0.3 is 10.0 Å². The van der Waals surface area contributed by atoms with Crippen LogP contribution in [0.5, 0.6) is 0 Å². The van der Waals surface area contributed by atoms with E-state index >= 15 is 0 Å². The summed E-state index contributed by atoms with van der Waals surface area (Å²) in [5.74, 6) is -0.221. The van der Waals surface area contributed by atoms with Gasteiger partial charge in [0.1, 0.15) is 5.56 Å². The molecule has 3 heterocycles. The summed E-state index contributed by atoms with van der Waals surface area (Å²) in [4.78, 5) is 32.6. The van der Waals surface area contributed by atoms with Crippen LogP contribution in [0, 0.1) is 12.8 Å². The number of carbonyl (C=O) groups excluding carboxylic acids is 1. The number of fused-ring (bicyclic) bond motifs is 1. The molecule has 3 rings (SSSR count). The van der Waals surface area contributed by atoms with Crippen molar-refractivity contribution in [2.75, 3.05) is 13.1 Å². The van der Waals surface area contributed by atoms with Crippen LogP contribution in [0.1, 0.15) is 35.0 Å². The molecule has 0 spiro atoms. The first-order valence-corrected chi connectivity index (χ1v) is 8.24. The van der Waals surface area contributed by atoms with Crippen LogP contribution in [-0.2, 0) is 0 Å². The molecular formula is C15H19N3O3S.